The number of carbonyl (C=O) groups excluding carboxylic acids is 1. The number of nitro groups is 1. The van der Waals surface area contributed by atoms with Crippen LogP contribution >= 0.6 is 0 Å². The number of hydrogen-bond acceptors (Lipinski definition) is 7. The standard InChI is InChI=1S/C23H23N5O5/c1-4-27-19-7-5-16(21(29)32-12-11-25-26-24)14-18(19)22(2,3)23(27)10-9-15-13-17(28(30)31)6-8-20(15)33-23/h5-10,13-14H,4,11-12H2,1-3H3. The van der Waals surface area contributed by atoms with Crippen molar-refractivity contribution in [2.45, 2.75) is 31.9 Å². The Morgan fingerprint density at radius 3 is 2.79 bits per heavy atom. The summed E-state index contributed by atoms with van der Waals surface area (Å²) in [5.74, 6) is 0.0589. The van der Waals surface area contributed by atoms with Gasteiger partial charge in [0.25, 0.3) is 5.69 Å². The predicted octanol–water partition coefficient (Wildman–Crippen LogP) is 4.98. The fourth-order valence-electron chi connectivity index (χ4n) is 4.58. The Labute approximate surface area is 190 Å². The molecule has 2 heterocycles. The molecule has 10 nitrogen and oxygen atoms in total. The number of benzene rings is 2. The highest BCUT2D eigenvalue weighted by molar-refractivity contribution is 5.91. The lowest BCUT2D eigenvalue weighted by Gasteiger charge is -2.46. The third-order valence-corrected chi connectivity index (χ3v) is 6.26. The average Bonchev–Trinajstić information content (AvgIpc) is 2.98. The van der Waals surface area contributed by atoms with Gasteiger partial charge in [-0.1, -0.05) is 5.11 Å². The molecule has 1 spiro atoms. The quantitative estimate of drug-likeness (QED) is 0.116. The first-order valence-corrected chi connectivity index (χ1v) is 10.5. The first-order valence-electron chi connectivity index (χ1n) is 10.5. The molecule has 0 radical (unpaired) electrons. The highest BCUT2D eigenvalue weighted by Crippen LogP contribution is 2.55. The Morgan fingerprint density at radius 2 is 2.09 bits per heavy atom. The molecule has 0 fully saturated rings. The van der Waals surface area contributed by atoms with E-state index < -0.39 is 22.0 Å². The molecule has 1 unspecified atom stereocenters. The molecule has 2 aromatic carbocycles. The van der Waals surface area contributed by atoms with Gasteiger partial charge >= 0.3 is 5.97 Å². The maximum absolute atomic E-state index is 12.5. The van der Waals surface area contributed by atoms with E-state index >= 15 is 0 Å². The van der Waals surface area contributed by atoms with Crippen LogP contribution in [0.4, 0.5) is 11.4 Å². The summed E-state index contributed by atoms with van der Waals surface area (Å²) in [5, 5.41) is 14.5. The summed E-state index contributed by atoms with van der Waals surface area (Å²) < 4.78 is 11.8. The Hall–Kier alpha value is -4.04. The van der Waals surface area contributed by atoms with Crippen molar-refractivity contribution in [2.24, 2.45) is 5.11 Å². The summed E-state index contributed by atoms with van der Waals surface area (Å²) in [6, 6.07) is 9.94. The summed E-state index contributed by atoms with van der Waals surface area (Å²) >= 11 is 0. The Kier molecular flexibility index (Phi) is 5.47. The third-order valence-electron chi connectivity index (χ3n) is 6.26. The zero-order valence-corrected chi connectivity index (χ0v) is 18.5. The number of non-ortho nitro benzene ring substituents is 1. The molecular weight excluding hydrogens is 426 g/mol. The highest BCUT2D eigenvalue weighted by Gasteiger charge is 2.58. The van der Waals surface area contributed by atoms with Crippen LogP contribution in [-0.2, 0) is 10.2 Å². The third kappa shape index (κ3) is 3.44. The van der Waals surface area contributed by atoms with E-state index in [9.17, 15) is 14.9 Å². The van der Waals surface area contributed by atoms with Crippen LogP contribution < -0.4 is 9.64 Å². The molecule has 2 aliphatic rings. The van der Waals surface area contributed by atoms with E-state index in [4.69, 9.17) is 15.0 Å². The lowest BCUT2D eigenvalue weighted by atomic mass is 9.76. The second-order valence-corrected chi connectivity index (χ2v) is 8.30. The van der Waals surface area contributed by atoms with Gasteiger partial charge in [0.1, 0.15) is 5.75 Å². The van der Waals surface area contributed by atoms with Gasteiger partial charge in [0.2, 0.25) is 5.72 Å². The molecule has 33 heavy (non-hydrogen) atoms. The van der Waals surface area contributed by atoms with Crippen molar-refractivity contribution < 1.29 is 19.2 Å². The summed E-state index contributed by atoms with van der Waals surface area (Å²) in [7, 11) is 0. The van der Waals surface area contributed by atoms with Crippen molar-refractivity contribution in [1.82, 2.24) is 0 Å². The molecule has 0 amide bonds. The van der Waals surface area contributed by atoms with Crippen LogP contribution in [0.5, 0.6) is 5.75 Å². The Bertz CT molecular complexity index is 1220. The first kappa shape index (κ1) is 22.2. The number of anilines is 1. The molecule has 2 aliphatic heterocycles. The van der Waals surface area contributed by atoms with Gasteiger partial charge in [0.05, 0.1) is 29.1 Å². The summed E-state index contributed by atoms with van der Waals surface area (Å²) in [5.41, 5.74) is 9.79. The molecule has 0 N–H and O–H groups in total. The number of carbonyl (C=O) groups is 1. The molecule has 0 aliphatic carbocycles. The number of nitro benzene ring substituents is 1. The number of likely N-dealkylation sites (N-methyl/N-ethyl adjacent to an activating group) is 1. The number of fused-ring (bicyclic) bond motifs is 2. The molecule has 0 saturated heterocycles. The second-order valence-electron chi connectivity index (χ2n) is 8.30. The van der Waals surface area contributed by atoms with Crippen LogP contribution in [0.1, 0.15) is 42.3 Å². The van der Waals surface area contributed by atoms with Gasteiger partial charge in [-0.15, -0.1) is 0 Å². The smallest absolute Gasteiger partial charge is 0.338 e. The van der Waals surface area contributed by atoms with Crippen molar-refractivity contribution >= 4 is 23.4 Å². The van der Waals surface area contributed by atoms with Crippen LogP contribution in [0.3, 0.4) is 0 Å². The van der Waals surface area contributed by atoms with Gasteiger partial charge in [-0.2, -0.15) is 0 Å². The van der Waals surface area contributed by atoms with Crippen molar-refractivity contribution in [2.75, 3.05) is 24.6 Å². The van der Waals surface area contributed by atoms with Crippen LogP contribution in [0, 0.1) is 10.1 Å². The zero-order chi connectivity index (χ0) is 23.8. The summed E-state index contributed by atoms with van der Waals surface area (Å²) in [6.45, 7) is 6.81. The van der Waals surface area contributed by atoms with E-state index in [1.165, 1.54) is 12.1 Å². The highest BCUT2D eigenvalue weighted by atomic mass is 16.6. The van der Waals surface area contributed by atoms with Crippen molar-refractivity contribution in [3.63, 3.8) is 0 Å². The average molecular weight is 449 g/mol. The second kappa shape index (κ2) is 8.14. The van der Waals surface area contributed by atoms with E-state index in [0.717, 1.165) is 11.3 Å². The monoisotopic (exact) mass is 449 g/mol. The van der Waals surface area contributed by atoms with Crippen LogP contribution in [-0.4, -0.2) is 36.3 Å². The van der Waals surface area contributed by atoms with E-state index in [-0.39, 0.29) is 18.8 Å². The number of ether oxygens (including phenoxy) is 2. The first-order chi connectivity index (χ1) is 15.7. The lowest BCUT2D eigenvalue weighted by Crippen LogP contribution is -2.59. The zero-order valence-electron chi connectivity index (χ0n) is 18.5. The van der Waals surface area contributed by atoms with Gasteiger partial charge in [0, 0.05) is 34.8 Å². The van der Waals surface area contributed by atoms with E-state index in [1.807, 2.05) is 45.1 Å². The molecule has 0 bridgehead atoms. The Morgan fingerprint density at radius 1 is 1.30 bits per heavy atom. The number of esters is 1. The maximum atomic E-state index is 12.5. The molecule has 0 saturated carbocycles. The van der Waals surface area contributed by atoms with E-state index in [1.54, 1.807) is 12.1 Å². The molecule has 0 aromatic heterocycles. The molecule has 10 heteroatoms. The number of azide groups is 1. The number of rotatable bonds is 6. The minimum Gasteiger partial charge on any atom is -0.463 e. The Balaban J connectivity index is 1.71. The number of hydrogen-bond donors (Lipinski definition) is 0. The van der Waals surface area contributed by atoms with Crippen LogP contribution in [0.2, 0.25) is 0 Å². The minimum atomic E-state index is -0.878. The van der Waals surface area contributed by atoms with E-state index in [2.05, 4.69) is 14.9 Å². The predicted molar refractivity (Wildman–Crippen MR) is 122 cm³/mol. The van der Waals surface area contributed by atoms with Gasteiger partial charge < -0.3 is 14.4 Å². The van der Waals surface area contributed by atoms with Crippen molar-refractivity contribution in [3.05, 3.63) is 79.7 Å². The van der Waals surface area contributed by atoms with Gasteiger partial charge in [0.15, 0.2) is 0 Å². The molecule has 4 rings (SSSR count). The van der Waals surface area contributed by atoms with Crippen molar-refractivity contribution in [1.29, 1.82) is 0 Å². The normalized spacial score (nSPS) is 19.3. The topological polar surface area (TPSA) is 131 Å². The summed E-state index contributed by atoms with van der Waals surface area (Å²) in [4.78, 5) is 28.0. The van der Waals surface area contributed by atoms with Gasteiger partial charge in [-0.25, -0.2) is 4.79 Å². The maximum Gasteiger partial charge on any atom is 0.338 e. The minimum absolute atomic E-state index is 0.00267. The van der Waals surface area contributed by atoms with E-state index in [0.29, 0.717) is 23.4 Å². The largest absolute Gasteiger partial charge is 0.463 e. The van der Waals surface area contributed by atoms with Crippen LogP contribution in [0.15, 0.2) is 47.6 Å². The fourth-order valence-corrected chi connectivity index (χ4v) is 4.58. The molecule has 170 valence electrons. The lowest BCUT2D eigenvalue weighted by molar-refractivity contribution is -0.384. The van der Waals surface area contributed by atoms with Gasteiger partial charge in [-0.05, 0) is 68.3 Å². The molecular formula is C23H23N5O5. The fraction of sp³-hybridized carbons (Fsp3) is 0.348. The van der Waals surface area contributed by atoms with Crippen molar-refractivity contribution in [3.8, 4) is 5.75 Å². The molecule has 2 aromatic rings. The number of nitrogens with zero attached hydrogens (tertiary/aromatic N) is 5. The SMILES string of the molecule is CCN1c2ccc(C(=O)OCCN=[N+]=[N-])cc2C(C)(C)C12C=Cc1cc([N+](=O)[O-])ccc1O2. The summed E-state index contributed by atoms with van der Waals surface area (Å²) in [6.07, 6.45) is 3.79. The van der Waals surface area contributed by atoms with Crippen LogP contribution in [0.25, 0.3) is 16.5 Å². The molecule has 1 atom stereocenters. The van der Waals surface area contributed by atoms with Gasteiger partial charge in [-0.3, -0.25) is 10.1 Å².